The summed E-state index contributed by atoms with van der Waals surface area (Å²) >= 11 is 0. The van der Waals surface area contributed by atoms with E-state index in [1.165, 1.54) is 25.3 Å². The molecule has 2 rings (SSSR count). The summed E-state index contributed by atoms with van der Waals surface area (Å²) in [6.45, 7) is 5.54. The predicted octanol–water partition coefficient (Wildman–Crippen LogP) is 4.74. The number of methoxy groups -OCH3 is 1. The lowest BCUT2D eigenvalue weighted by atomic mass is 9.86. The molecule has 0 heterocycles. The van der Waals surface area contributed by atoms with Crippen LogP contribution >= 0.6 is 0 Å². The maximum atomic E-state index is 14.1. The van der Waals surface area contributed by atoms with Gasteiger partial charge in [-0.25, -0.2) is 13.6 Å². The highest BCUT2D eigenvalue weighted by atomic mass is 19.1. The van der Waals surface area contributed by atoms with Crippen molar-refractivity contribution in [2.75, 3.05) is 7.11 Å². The van der Waals surface area contributed by atoms with Crippen LogP contribution in [0.1, 0.15) is 25.3 Å². The van der Waals surface area contributed by atoms with E-state index in [9.17, 15) is 13.6 Å². The minimum Gasteiger partial charge on any atom is -0.465 e. The maximum Gasteiger partial charge on any atom is 0.337 e. The van der Waals surface area contributed by atoms with Gasteiger partial charge in [0, 0.05) is 11.6 Å². The molecular weight excluding hydrogens is 298 g/mol. The Morgan fingerprint density at radius 1 is 1.35 bits per heavy atom. The standard InChI is InChI=1S/C19H18F2O2/c1-4-13(19(22)23-3)10-17-12(2)6-5-7-15(17)16-9-8-14(20)11-18(16)21/h4,7-11H,1,5-6H2,2-3H3/b13-10+. The van der Waals surface area contributed by atoms with Gasteiger partial charge in [0.25, 0.3) is 0 Å². The Hall–Kier alpha value is -2.49. The Bertz CT molecular complexity index is 740. The van der Waals surface area contributed by atoms with Gasteiger partial charge in [-0.05, 0) is 49.1 Å². The summed E-state index contributed by atoms with van der Waals surface area (Å²) in [6, 6.07) is 3.49. The molecule has 0 saturated carbocycles. The Balaban J connectivity index is 2.54. The van der Waals surface area contributed by atoms with Crippen molar-refractivity contribution in [3.05, 3.63) is 76.9 Å². The first-order valence-corrected chi connectivity index (χ1v) is 7.26. The number of allylic oxidation sites excluding steroid dienone is 5. The van der Waals surface area contributed by atoms with Crippen molar-refractivity contribution in [1.82, 2.24) is 0 Å². The zero-order chi connectivity index (χ0) is 17.0. The molecule has 1 aromatic carbocycles. The van der Waals surface area contributed by atoms with Crippen molar-refractivity contribution < 1.29 is 18.3 Å². The number of hydrogen-bond acceptors (Lipinski definition) is 2. The average molecular weight is 316 g/mol. The molecule has 2 nitrogen and oxygen atoms in total. The molecule has 0 unspecified atom stereocenters. The Kier molecular flexibility index (Phi) is 5.27. The van der Waals surface area contributed by atoms with Crippen LogP contribution in [0.15, 0.2) is 59.7 Å². The number of ether oxygens (including phenoxy) is 1. The molecule has 4 heteroatoms. The molecular formula is C19H18F2O2. The molecule has 0 spiro atoms. The second kappa shape index (κ2) is 7.18. The fourth-order valence-corrected chi connectivity index (χ4v) is 2.55. The molecule has 0 saturated heterocycles. The molecule has 120 valence electrons. The summed E-state index contributed by atoms with van der Waals surface area (Å²) in [4.78, 5) is 11.8. The van der Waals surface area contributed by atoms with Crippen molar-refractivity contribution in [1.29, 1.82) is 0 Å². The molecule has 1 aliphatic rings. The summed E-state index contributed by atoms with van der Waals surface area (Å²) in [6.07, 6.45) is 6.51. The van der Waals surface area contributed by atoms with E-state index in [-0.39, 0.29) is 5.57 Å². The van der Waals surface area contributed by atoms with Gasteiger partial charge in [-0.1, -0.05) is 24.3 Å². The Labute approximate surface area is 134 Å². The number of carbonyl (C=O) groups excluding carboxylic acids is 1. The number of rotatable bonds is 4. The number of halogens is 2. The first-order valence-electron chi connectivity index (χ1n) is 7.26. The van der Waals surface area contributed by atoms with E-state index in [4.69, 9.17) is 4.74 Å². The van der Waals surface area contributed by atoms with Gasteiger partial charge in [-0.3, -0.25) is 0 Å². The maximum absolute atomic E-state index is 14.1. The largest absolute Gasteiger partial charge is 0.465 e. The van der Waals surface area contributed by atoms with Gasteiger partial charge >= 0.3 is 5.97 Å². The van der Waals surface area contributed by atoms with E-state index in [0.717, 1.165) is 30.1 Å². The molecule has 0 aliphatic heterocycles. The summed E-state index contributed by atoms with van der Waals surface area (Å²) < 4.78 is 32.0. The molecule has 0 fully saturated rings. The van der Waals surface area contributed by atoms with Gasteiger partial charge in [-0.15, -0.1) is 0 Å². The second-order valence-electron chi connectivity index (χ2n) is 5.27. The van der Waals surface area contributed by atoms with Crippen molar-refractivity contribution in [3.63, 3.8) is 0 Å². The summed E-state index contributed by atoms with van der Waals surface area (Å²) in [5.74, 6) is -1.76. The van der Waals surface area contributed by atoms with Gasteiger partial charge in [0.1, 0.15) is 11.6 Å². The highest BCUT2D eigenvalue weighted by molar-refractivity contribution is 5.94. The molecule has 1 aromatic rings. The fraction of sp³-hybridized carbons (Fsp3) is 0.211. The van der Waals surface area contributed by atoms with Crippen LogP contribution in [0.25, 0.3) is 5.57 Å². The number of esters is 1. The van der Waals surface area contributed by atoms with Crippen molar-refractivity contribution in [2.45, 2.75) is 19.8 Å². The first kappa shape index (κ1) is 16.9. The zero-order valence-corrected chi connectivity index (χ0v) is 13.2. The van der Waals surface area contributed by atoms with E-state index >= 15 is 0 Å². The molecule has 0 atom stereocenters. The van der Waals surface area contributed by atoms with Crippen LogP contribution < -0.4 is 0 Å². The quantitative estimate of drug-likeness (QED) is 0.455. The lowest BCUT2D eigenvalue weighted by molar-refractivity contribution is -0.135. The van der Waals surface area contributed by atoms with Crippen molar-refractivity contribution >= 4 is 11.5 Å². The summed E-state index contributed by atoms with van der Waals surface area (Å²) in [5.41, 5.74) is 3.01. The van der Waals surface area contributed by atoms with Crippen molar-refractivity contribution in [3.8, 4) is 0 Å². The third kappa shape index (κ3) is 3.65. The SMILES string of the molecule is C=C/C(=C\C1=C(C)CCC=C1c1ccc(F)cc1F)C(=O)OC. The fourth-order valence-electron chi connectivity index (χ4n) is 2.55. The molecule has 0 aromatic heterocycles. The van der Waals surface area contributed by atoms with Crippen LogP contribution in [-0.2, 0) is 9.53 Å². The number of benzene rings is 1. The smallest absolute Gasteiger partial charge is 0.337 e. The topological polar surface area (TPSA) is 26.3 Å². The number of hydrogen-bond donors (Lipinski definition) is 0. The van der Waals surface area contributed by atoms with E-state index in [1.807, 2.05) is 13.0 Å². The second-order valence-corrected chi connectivity index (χ2v) is 5.27. The Morgan fingerprint density at radius 3 is 2.70 bits per heavy atom. The summed E-state index contributed by atoms with van der Waals surface area (Å²) in [5, 5.41) is 0. The minimum atomic E-state index is -0.630. The number of carbonyl (C=O) groups is 1. The summed E-state index contributed by atoms with van der Waals surface area (Å²) in [7, 11) is 1.29. The molecule has 0 N–H and O–H groups in total. The van der Waals surface area contributed by atoms with Crippen LogP contribution in [0.2, 0.25) is 0 Å². The third-order valence-corrected chi connectivity index (χ3v) is 3.78. The highest BCUT2D eigenvalue weighted by Crippen LogP contribution is 2.35. The van der Waals surface area contributed by atoms with Crippen LogP contribution in [0.4, 0.5) is 8.78 Å². The van der Waals surface area contributed by atoms with Crippen LogP contribution in [0, 0.1) is 11.6 Å². The van der Waals surface area contributed by atoms with Gasteiger partial charge in [-0.2, -0.15) is 0 Å². The minimum absolute atomic E-state index is 0.289. The van der Waals surface area contributed by atoms with Crippen molar-refractivity contribution in [2.24, 2.45) is 0 Å². The lowest BCUT2D eigenvalue weighted by Crippen LogP contribution is -2.06. The van der Waals surface area contributed by atoms with E-state index in [0.29, 0.717) is 11.1 Å². The third-order valence-electron chi connectivity index (χ3n) is 3.78. The lowest BCUT2D eigenvalue weighted by Gasteiger charge is -2.19. The Morgan fingerprint density at radius 2 is 2.09 bits per heavy atom. The van der Waals surface area contributed by atoms with Crippen LogP contribution in [0.5, 0.6) is 0 Å². The van der Waals surface area contributed by atoms with E-state index < -0.39 is 17.6 Å². The van der Waals surface area contributed by atoms with E-state index in [1.54, 1.807) is 6.08 Å². The monoisotopic (exact) mass is 316 g/mol. The molecule has 0 amide bonds. The van der Waals surface area contributed by atoms with Gasteiger partial charge < -0.3 is 4.74 Å². The molecule has 23 heavy (non-hydrogen) atoms. The molecule has 0 bridgehead atoms. The molecule has 1 aliphatic carbocycles. The van der Waals surface area contributed by atoms with E-state index in [2.05, 4.69) is 6.58 Å². The van der Waals surface area contributed by atoms with Gasteiger partial charge in [0.2, 0.25) is 0 Å². The van der Waals surface area contributed by atoms with Gasteiger partial charge in [0.05, 0.1) is 12.7 Å². The van der Waals surface area contributed by atoms with Gasteiger partial charge in [0.15, 0.2) is 0 Å². The zero-order valence-electron chi connectivity index (χ0n) is 13.2. The average Bonchev–Trinajstić information content (AvgIpc) is 2.53. The molecule has 0 radical (unpaired) electrons. The normalized spacial score (nSPS) is 15.3. The first-order chi connectivity index (χ1) is 11.0. The van der Waals surface area contributed by atoms with Crippen LogP contribution in [0.3, 0.4) is 0 Å². The highest BCUT2D eigenvalue weighted by Gasteiger charge is 2.18. The predicted molar refractivity (Wildman–Crippen MR) is 86.6 cm³/mol. The van der Waals surface area contributed by atoms with Crippen LogP contribution in [-0.4, -0.2) is 13.1 Å².